The van der Waals surface area contributed by atoms with Crippen molar-refractivity contribution in [3.05, 3.63) is 38.9 Å². The molecule has 1 rings (SSSR count). The van der Waals surface area contributed by atoms with Gasteiger partial charge in [0.25, 0.3) is 5.69 Å². The third kappa shape index (κ3) is 1.45. The standard InChI is InChI=1S/C9H6N2O3/c1-6-2-3-7(4-10)9(11(13)14)8(6)5-12/h2-3,5H,1H3. The molecular formula is C9H6N2O3. The fourth-order valence-electron chi connectivity index (χ4n) is 1.14. The molecule has 0 aromatic heterocycles. The number of aryl methyl sites for hydroxylation is 1. The summed E-state index contributed by atoms with van der Waals surface area (Å²) < 4.78 is 0. The van der Waals surface area contributed by atoms with Gasteiger partial charge in [-0.3, -0.25) is 14.9 Å². The highest BCUT2D eigenvalue weighted by atomic mass is 16.6. The summed E-state index contributed by atoms with van der Waals surface area (Å²) in [5.41, 5.74) is -0.0510. The number of hydrogen-bond acceptors (Lipinski definition) is 4. The Morgan fingerprint density at radius 3 is 2.64 bits per heavy atom. The Morgan fingerprint density at radius 2 is 2.21 bits per heavy atom. The van der Waals surface area contributed by atoms with E-state index in [0.717, 1.165) is 0 Å². The molecule has 0 unspecified atom stereocenters. The Labute approximate surface area is 79.7 Å². The Hall–Kier alpha value is -2.22. The molecule has 0 aliphatic rings. The van der Waals surface area contributed by atoms with Gasteiger partial charge in [0, 0.05) is 0 Å². The summed E-state index contributed by atoms with van der Waals surface area (Å²) in [6.07, 6.45) is 0.397. The lowest BCUT2D eigenvalue weighted by Gasteiger charge is -2.00. The van der Waals surface area contributed by atoms with Crippen molar-refractivity contribution in [2.45, 2.75) is 6.92 Å². The molecule has 0 heterocycles. The first-order chi connectivity index (χ1) is 6.61. The normalized spacial score (nSPS) is 9.14. The van der Waals surface area contributed by atoms with Gasteiger partial charge in [-0.1, -0.05) is 6.07 Å². The zero-order chi connectivity index (χ0) is 10.7. The lowest BCUT2D eigenvalue weighted by atomic mass is 10.0. The molecule has 0 saturated heterocycles. The average molecular weight is 190 g/mol. The lowest BCUT2D eigenvalue weighted by molar-refractivity contribution is -0.385. The number of nitriles is 1. The van der Waals surface area contributed by atoms with Crippen LogP contribution in [-0.2, 0) is 0 Å². The molecule has 0 fully saturated rings. The third-order valence-electron chi connectivity index (χ3n) is 1.86. The Balaban J connectivity index is 3.62. The molecule has 1 aromatic carbocycles. The van der Waals surface area contributed by atoms with E-state index >= 15 is 0 Å². The predicted octanol–water partition coefficient (Wildman–Crippen LogP) is 1.59. The van der Waals surface area contributed by atoms with E-state index in [9.17, 15) is 14.9 Å². The number of nitro groups is 1. The van der Waals surface area contributed by atoms with Crippen LogP contribution >= 0.6 is 0 Å². The minimum Gasteiger partial charge on any atom is -0.298 e. The molecule has 14 heavy (non-hydrogen) atoms. The zero-order valence-corrected chi connectivity index (χ0v) is 7.35. The minimum absolute atomic E-state index is 0.0333. The van der Waals surface area contributed by atoms with Gasteiger partial charge in [-0.05, 0) is 18.6 Å². The Bertz CT molecular complexity index is 446. The van der Waals surface area contributed by atoms with Crippen LogP contribution in [0.25, 0.3) is 0 Å². The maximum atomic E-state index is 10.6. The number of carbonyl (C=O) groups is 1. The van der Waals surface area contributed by atoms with Crippen LogP contribution in [-0.4, -0.2) is 11.2 Å². The smallest absolute Gasteiger partial charge is 0.297 e. The van der Waals surface area contributed by atoms with Crippen LogP contribution < -0.4 is 0 Å². The molecule has 0 amide bonds. The minimum atomic E-state index is -0.713. The van der Waals surface area contributed by atoms with Gasteiger partial charge in [0.05, 0.1) is 10.5 Å². The molecule has 0 radical (unpaired) electrons. The second-order valence-corrected chi connectivity index (χ2v) is 2.68. The summed E-state index contributed by atoms with van der Waals surface area (Å²) in [7, 11) is 0. The van der Waals surface area contributed by atoms with Crippen molar-refractivity contribution in [3.63, 3.8) is 0 Å². The first kappa shape index (κ1) is 9.86. The van der Waals surface area contributed by atoms with Gasteiger partial charge in [0.2, 0.25) is 0 Å². The topological polar surface area (TPSA) is 84.0 Å². The van der Waals surface area contributed by atoms with Crippen LogP contribution in [0.3, 0.4) is 0 Å². The van der Waals surface area contributed by atoms with Gasteiger partial charge in [-0.2, -0.15) is 5.26 Å². The number of carbonyl (C=O) groups excluding carboxylic acids is 1. The Morgan fingerprint density at radius 1 is 1.57 bits per heavy atom. The molecular weight excluding hydrogens is 184 g/mol. The number of aldehydes is 1. The Kier molecular flexibility index (Phi) is 2.58. The average Bonchev–Trinajstić information content (AvgIpc) is 2.17. The van der Waals surface area contributed by atoms with E-state index in [4.69, 9.17) is 5.26 Å². The molecule has 1 aromatic rings. The van der Waals surface area contributed by atoms with Gasteiger partial charge in [-0.15, -0.1) is 0 Å². The second-order valence-electron chi connectivity index (χ2n) is 2.68. The maximum absolute atomic E-state index is 10.6. The van der Waals surface area contributed by atoms with Gasteiger partial charge in [-0.25, -0.2) is 0 Å². The first-order valence-corrected chi connectivity index (χ1v) is 3.75. The SMILES string of the molecule is Cc1ccc(C#N)c([N+](=O)[O-])c1C=O. The van der Waals surface area contributed by atoms with E-state index in [0.29, 0.717) is 11.8 Å². The van der Waals surface area contributed by atoms with Crippen molar-refractivity contribution in [2.75, 3.05) is 0 Å². The molecule has 5 nitrogen and oxygen atoms in total. The van der Waals surface area contributed by atoms with E-state index in [1.807, 2.05) is 0 Å². The molecule has 0 aliphatic heterocycles. The van der Waals surface area contributed by atoms with Crippen LogP contribution in [0.1, 0.15) is 21.5 Å². The first-order valence-electron chi connectivity index (χ1n) is 3.75. The van der Waals surface area contributed by atoms with E-state index in [-0.39, 0.29) is 11.1 Å². The fraction of sp³-hybridized carbons (Fsp3) is 0.111. The van der Waals surface area contributed by atoms with Crippen molar-refractivity contribution in [2.24, 2.45) is 0 Å². The highest BCUT2D eigenvalue weighted by Crippen LogP contribution is 2.24. The summed E-state index contributed by atoms with van der Waals surface area (Å²) in [6, 6.07) is 4.52. The van der Waals surface area contributed by atoms with Crippen molar-refractivity contribution < 1.29 is 9.72 Å². The monoisotopic (exact) mass is 190 g/mol. The number of nitro benzene ring substituents is 1. The number of rotatable bonds is 2. The lowest BCUT2D eigenvalue weighted by Crippen LogP contribution is -2.00. The van der Waals surface area contributed by atoms with E-state index < -0.39 is 10.6 Å². The quantitative estimate of drug-likeness (QED) is 0.402. The van der Waals surface area contributed by atoms with Gasteiger partial charge < -0.3 is 0 Å². The van der Waals surface area contributed by atoms with Crippen molar-refractivity contribution >= 4 is 12.0 Å². The summed E-state index contributed by atoms with van der Waals surface area (Å²) in [4.78, 5) is 20.5. The van der Waals surface area contributed by atoms with E-state index in [1.165, 1.54) is 12.1 Å². The largest absolute Gasteiger partial charge is 0.298 e. The highest BCUT2D eigenvalue weighted by Gasteiger charge is 2.20. The van der Waals surface area contributed by atoms with Crippen LogP contribution in [0.15, 0.2) is 12.1 Å². The highest BCUT2D eigenvalue weighted by molar-refractivity contribution is 5.85. The van der Waals surface area contributed by atoms with Gasteiger partial charge in [0.15, 0.2) is 6.29 Å². The number of benzene rings is 1. The molecule has 0 bridgehead atoms. The van der Waals surface area contributed by atoms with Crippen LogP contribution in [0, 0.1) is 28.4 Å². The second kappa shape index (κ2) is 3.66. The van der Waals surface area contributed by atoms with E-state index in [1.54, 1.807) is 13.0 Å². The van der Waals surface area contributed by atoms with E-state index in [2.05, 4.69) is 0 Å². The summed E-state index contributed by atoms with van der Waals surface area (Å²) >= 11 is 0. The van der Waals surface area contributed by atoms with Crippen molar-refractivity contribution in [3.8, 4) is 6.07 Å². The molecule has 0 N–H and O–H groups in total. The van der Waals surface area contributed by atoms with Crippen molar-refractivity contribution in [1.29, 1.82) is 5.26 Å². The summed E-state index contributed by atoms with van der Waals surface area (Å²) in [6.45, 7) is 1.58. The van der Waals surface area contributed by atoms with Gasteiger partial charge >= 0.3 is 0 Å². The number of hydrogen-bond donors (Lipinski definition) is 0. The third-order valence-corrected chi connectivity index (χ3v) is 1.86. The zero-order valence-electron chi connectivity index (χ0n) is 7.35. The van der Waals surface area contributed by atoms with Gasteiger partial charge in [0.1, 0.15) is 11.6 Å². The van der Waals surface area contributed by atoms with Crippen LogP contribution in [0.2, 0.25) is 0 Å². The molecule has 5 heteroatoms. The molecule has 0 saturated carbocycles. The molecule has 0 aliphatic carbocycles. The molecule has 0 spiro atoms. The molecule has 70 valence electrons. The van der Waals surface area contributed by atoms with Crippen molar-refractivity contribution in [1.82, 2.24) is 0 Å². The number of nitrogens with zero attached hydrogens (tertiary/aromatic N) is 2. The summed E-state index contributed by atoms with van der Waals surface area (Å²) in [5.74, 6) is 0. The van der Waals surface area contributed by atoms with Crippen LogP contribution in [0.5, 0.6) is 0 Å². The maximum Gasteiger partial charge on any atom is 0.297 e. The molecule has 0 atom stereocenters. The van der Waals surface area contributed by atoms with Crippen LogP contribution in [0.4, 0.5) is 5.69 Å². The predicted molar refractivity (Wildman–Crippen MR) is 47.9 cm³/mol. The fourth-order valence-corrected chi connectivity index (χ4v) is 1.14. The summed E-state index contributed by atoms with van der Waals surface area (Å²) in [5, 5.41) is 19.2.